The summed E-state index contributed by atoms with van der Waals surface area (Å²) in [5.74, 6) is -3.41. The summed E-state index contributed by atoms with van der Waals surface area (Å²) in [5.41, 5.74) is -2.72. The number of aliphatic carboxylic acids is 1. The number of amides is 1. The second-order valence-corrected chi connectivity index (χ2v) is 5.14. The van der Waals surface area contributed by atoms with Crippen molar-refractivity contribution in [1.29, 1.82) is 0 Å². The summed E-state index contributed by atoms with van der Waals surface area (Å²) in [4.78, 5) is 46.1. The second kappa shape index (κ2) is 6.53. The lowest BCUT2D eigenvalue weighted by Gasteiger charge is -2.28. The minimum Gasteiger partial charge on any atom is -0.479 e. The van der Waals surface area contributed by atoms with E-state index in [1.807, 2.05) is 0 Å². The van der Waals surface area contributed by atoms with Gasteiger partial charge in [-0.25, -0.2) is 4.79 Å². The van der Waals surface area contributed by atoms with Crippen LogP contribution in [-0.4, -0.2) is 56.4 Å². The van der Waals surface area contributed by atoms with Gasteiger partial charge in [-0.15, -0.1) is 0 Å². The highest BCUT2D eigenvalue weighted by Gasteiger charge is 2.43. The molecule has 9 heteroatoms. The highest BCUT2D eigenvalue weighted by Crippen LogP contribution is 2.16. The molecule has 0 aliphatic carbocycles. The number of likely N-dealkylation sites (N-methyl/N-ethyl adjacent to an activating group) is 1. The molecule has 0 aromatic heterocycles. The summed E-state index contributed by atoms with van der Waals surface area (Å²) in [6, 6.07) is 3.53. The van der Waals surface area contributed by atoms with E-state index in [0.29, 0.717) is 0 Å². The number of hydrogen-bond acceptors (Lipinski definition) is 6. The lowest BCUT2D eigenvalue weighted by Crippen LogP contribution is -2.53. The molecule has 0 aliphatic heterocycles. The molecular formula is C14H16N2O7. The number of carboxylic acid groups (broad SMARTS) is 1. The fourth-order valence-electron chi connectivity index (χ4n) is 1.79. The molecule has 124 valence electrons. The van der Waals surface area contributed by atoms with E-state index in [1.165, 1.54) is 26.1 Å². The van der Waals surface area contributed by atoms with Crippen LogP contribution in [0, 0.1) is 10.1 Å². The van der Waals surface area contributed by atoms with Gasteiger partial charge in [-0.1, -0.05) is 0 Å². The van der Waals surface area contributed by atoms with Crippen LogP contribution in [0.3, 0.4) is 0 Å². The largest absolute Gasteiger partial charge is 0.479 e. The lowest BCUT2D eigenvalue weighted by atomic mass is 9.95. The van der Waals surface area contributed by atoms with Gasteiger partial charge < -0.3 is 15.1 Å². The number of nitro groups is 1. The summed E-state index contributed by atoms with van der Waals surface area (Å²) >= 11 is 0. The number of rotatable bonds is 6. The van der Waals surface area contributed by atoms with Crippen LogP contribution in [0.2, 0.25) is 0 Å². The molecule has 0 saturated heterocycles. The van der Waals surface area contributed by atoms with E-state index in [1.54, 1.807) is 0 Å². The Kier molecular flexibility index (Phi) is 5.18. The van der Waals surface area contributed by atoms with Gasteiger partial charge in [0.1, 0.15) is 0 Å². The van der Waals surface area contributed by atoms with Crippen molar-refractivity contribution in [2.75, 3.05) is 7.05 Å². The van der Waals surface area contributed by atoms with Gasteiger partial charge in [0.05, 0.1) is 11.0 Å². The number of hydrogen-bond donors (Lipinski definition) is 2. The van der Waals surface area contributed by atoms with Crippen LogP contribution in [0.15, 0.2) is 24.3 Å². The minimum atomic E-state index is -2.62. The maximum absolute atomic E-state index is 12.2. The Morgan fingerprint density at radius 2 is 1.74 bits per heavy atom. The van der Waals surface area contributed by atoms with Gasteiger partial charge in [0, 0.05) is 24.7 Å². The average Bonchev–Trinajstić information content (AvgIpc) is 2.51. The first-order valence-electron chi connectivity index (χ1n) is 6.51. The molecule has 23 heavy (non-hydrogen) atoms. The van der Waals surface area contributed by atoms with Crippen molar-refractivity contribution >= 4 is 23.3 Å². The molecule has 1 rings (SSSR count). The zero-order valence-electron chi connectivity index (χ0n) is 12.7. The Bertz CT molecular complexity index is 652. The number of Topliss-reactive ketones (excluding diaryl/α,β-unsaturated/α-hetero) is 1. The highest BCUT2D eigenvalue weighted by atomic mass is 16.6. The molecule has 0 radical (unpaired) electrons. The van der Waals surface area contributed by atoms with E-state index >= 15 is 0 Å². The molecule has 1 amide bonds. The number of benzene rings is 1. The molecule has 0 unspecified atom stereocenters. The maximum Gasteiger partial charge on any atom is 0.343 e. The van der Waals surface area contributed by atoms with Crippen LogP contribution >= 0.6 is 0 Å². The minimum absolute atomic E-state index is 0.0905. The Labute approximate surface area is 131 Å². The summed E-state index contributed by atoms with van der Waals surface area (Å²) < 4.78 is 0. The van der Waals surface area contributed by atoms with Crippen molar-refractivity contribution in [3.8, 4) is 0 Å². The third-order valence-electron chi connectivity index (χ3n) is 3.50. The normalized spacial score (nSPS) is 14.4. The molecule has 1 aromatic carbocycles. The van der Waals surface area contributed by atoms with E-state index in [2.05, 4.69) is 0 Å². The zero-order chi connectivity index (χ0) is 17.9. The smallest absolute Gasteiger partial charge is 0.343 e. The van der Waals surface area contributed by atoms with Crippen LogP contribution in [0.25, 0.3) is 0 Å². The Balaban J connectivity index is 2.97. The average molecular weight is 324 g/mol. The maximum atomic E-state index is 12.2. The Morgan fingerprint density at radius 1 is 1.26 bits per heavy atom. The summed E-state index contributed by atoms with van der Waals surface area (Å²) in [5, 5.41) is 29.1. The van der Waals surface area contributed by atoms with Crippen molar-refractivity contribution in [1.82, 2.24) is 4.90 Å². The monoisotopic (exact) mass is 324 g/mol. The number of carboxylic acids is 1. The van der Waals surface area contributed by atoms with E-state index < -0.39 is 34.2 Å². The fraction of sp³-hybridized carbons (Fsp3) is 0.357. The number of nitrogens with zero attached hydrogens (tertiary/aromatic N) is 2. The number of carbonyl (C=O) groups excluding carboxylic acids is 2. The molecule has 2 atom stereocenters. The lowest BCUT2D eigenvalue weighted by molar-refractivity contribution is -0.384. The Morgan fingerprint density at radius 3 is 2.13 bits per heavy atom. The van der Waals surface area contributed by atoms with E-state index in [9.17, 15) is 29.6 Å². The second-order valence-electron chi connectivity index (χ2n) is 5.14. The summed E-state index contributed by atoms with van der Waals surface area (Å²) in [7, 11) is 1.27. The van der Waals surface area contributed by atoms with E-state index in [4.69, 9.17) is 5.11 Å². The molecule has 1 aromatic rings. The fourth-order valence-corrected chi connectivity index (χ4v) is 1.79. The molecule has 0 saturated carbocycles. The predicted molar refractivity (Wildman–Crippen MR) is 77.9 cm³/mol. The third kappa shape index (κ3) is 3.69. The SMILES string of the molecule is C[C@@H](C(=O)[C@](C)(O)C(=O)O)N(C)C(=O)c1ccc([N+](=O)[O-])cc1. The zero-order valence-corrected chi connectivity index (χ0v) is 12.7. The van der Waals surface area contributed by atoms with E-state index in [-0.39, 0.29) is 11.3 Å². The topological polar surface area (TPSA) is 138 Å². The van der Waals surface area contributed by atoms with Crippen LogP contribution in [0.1, 0.15) is 24.2 Å². The van der Waals surface area contributed by atoms with Gasteiger partial charge in [0.15, 0.2) is 5.78 Å². The van der Waals surface area contributed by atoms with Crippen LogP contribution < -0.4 is 0 Å². The van der Waals surface area contributed by atoms with Crippen molar-refractivity contribution in [2.45, 2.75) is 25.5 Å². The molecular weight excluding hydrogens is 308 g/mol. The van der Waals surface area contributed by atoms with Crippen molar-refractivity contribution in [3.05, 3.63) is 39.9 Å². The Hall–Kier alpha value is -2.81. The van der Waals surface area contributed by atoms with Gasteiger partial charge in [-0.2, -0.15) is 0 Å². The van der Waals surface area contributed by atoms with Gasteiger partial charge in [0.25, 0.3) is 11.6 Å². The summed E-state index contributed by atoms with van der Waals surface area (Å²) in [6.45, 7) is 2.11. The molecule has 0 heterocycles. The van der Waals surface area contributed by atoms with Crippen LogP contribution in [0.4, 0.5) is 5.69 Å². The highest BCUT2D eigenvalue weighted by molar-refractivity contribution is 6.09. The number of nitro benzene ring substituents is 1. The number of ketones is 1. The standard InChI is InChI=1S/C14H16N2O7/c1-8(11(17)14(2,21)13(19)20)15(3)12(18)9-4-6-10(7-5-9)16(22)23/h4-8,21H,1-3H3,(H,19,20)/t8-,14-/m0/s1. The molecule has 0 fully saturated rings. The van der Waals surface area contributed by atoms with Gasteiger partial charge in [0.2, 0.25) is 5.60 Å². The molecule has 0 spiro atoms. The van der Waals surface area contributed by atoms with Gasteiger partial charge in [-0.3, -0.25) is 19.7 Å². The van der Waals surface area contributed by atoms with E-state index in [0.717, 1.165) is 24.0 Å². The van der Waals surface area contributed by atoms with Crippen molar-refractivity contribution in [2.24, 2.45) is 0 Å². The third-order valence-corrected chi connectivity index (χ3v) is 3.50. The molecule has 0 aliphatic rings. The van der Waals surface area contributed by atoms with Crippen LogP contribution in [0.5, 0.6) is 0 Å². The number of carbonyl (C=O) groups is 3. The first-order chi connectivity index (χ1) is 10.5. The first-order valence-corrected chi connectivity index (χ1v) is 6.51. The molecule has 0 bridgehead atoms. The predicted octanol–water partition coefficient (Wildman–Crippen LogP) is 0.460. The van der Waals surface area contributed by atoms with Gasteiger partial charge in [-0.05, 0) is 26.0 Å². The molecule has 2 N–H and O–H groups in total. The summed E-state index contributed by atoms with van der Waals surface area (Å²) in [6.07, 6.45) is 0. The van der Waals surface area contributed by atoms with Gasteiger partial charge >= 0.3 is 5.97 Å². The quantitative estimate of drug-likeness (QED) is 0.440. The van der Waals surface area contributed by atoms with Crippen molar-refractivity contribution in [3.63, 3.8) is 0 Å². The molecule has 9 nitrogen and oxygen atoms in total. The van der Waals surface area contributed by atoms with Crippen LogP contribution in [-0.2, 0) is 9.59 Å². The number of aliphatic hydroxyl groups is 1. The van der Waals surface area contributed by atoms with Crippen molar-refractivity contribution < 1.29 is 29.5 Å². The first kappa shape index (κ1) is 18.2. The number of non-ortho nitro benzene ring substituents is 1.